The molecule has 3 nitrogen and oxygen atoms in total. The van der Waals surface area contributed by atoms with Crippen molar-refractivity contribution in [2.45, 2.75) is 20.3 Å². The number of nitrogens with zero attached hydrogens (tertiary/aromatic N) is 1. The standard InChI is InChI=1S/C16H26N2O/c1-3-18(16-6-4-5-14(2)11-16)9-8-17-12-15-7-10-19-13-15/h4-6,11,15,17H,3,7-10,12-13H2,1-2H3. The quantitative estimate of drug-likeness (QED) is 0.764. The Kier molecular flexibility index (Phi) is 5.67. The Morgan fingerprint density at radius 1 is 1.42 bits per heavy atom. The van der Waals surface area contributed by atoms with Gasteiger partial charge < -0.3 is 15.0 Å². The summed E-state index contributed by atoms with van der Waals surface area (Å²) in [6.07, 6.45) is 1.21. The number of hydrogen-bond acceptors (Lipinski definition) is 3. The SMILES string of the molecule is CCN(CCNCC1CCOC1)c1cccc(C)c1. The summed E-state index contributed by atoms with van der Waals surface area (Å²) in [6.45, 7) is 10.5. The predicted molar refractivity (Wildman–Crippen MR) is 80.9 cm³/mol. The van der Waals surface area contributed by atoms with Crippen LogP contribution in [0.25, 0.3) is 0 Å². The molecule has 0 aromatic heterocycles. The highest BCUT2D eigenvalue weighted by atomic mass is 16.5. The molecule has 19 heavy (non-hydrogen) atoms. The first kappa shape index (κ1) is 14.4. The smallest absolute Gasteiger partial charge is 0.0507 e. The summed E-state index contributed by atoms with van der Waals surface area (Å²) in [7, 11) is 0. The first-order chi connectivity index (χ1) is 9.29. The molecule has 0 saturated carbocycles. The monoisotopic (exact) mass is 262 g/mol. The molecule has 0 bridgehead atoms. The highest BCUT2D eigenvalue weighted by molar-refractivity contribution is 5.48. The Morgan fingerprint density at radius 3 is 3.00 bits per heavy atom. The Labute approximate surface area is 116 Å². The molecule has 1 aliphatic heterocycles. The van der Waals surface area contributed by atoms with Gasteiger partial charge in [-0.25, -0.2) is 0 Å². The van der Waals surface area contributed by atoms with Gasteiger partial charge in [0.2, 0.25) is 0 Å². The summed E-state index contributed by atoms with van der Waals surface area (Å²) >= 11 is 0. The number of nitrogens with one attached hydrogen (secondary N) is 1. The van der Waals surface area contributed by atoms with Gasteiger partial charge in [0.15, 0.2) is 0 Å². The van der Waals surface area contributed by atoms with Crippen LogP contribution in [0, 0.1) is 12.8 Å². The summed E-state index contributed by atoms with van der Waals surface area (Å²) in [5, 5.41) is 3.55. The third-order valence-corrected chi connectivity index (χ3v) is 3.76. The lowest BCUT2D eigenvalue weighted by atomic mass is 10.1. The largest absolute Gasteiger partial charge is 0.381 e. The van der Waals surface area contributed by atoms with Gasteiger partial charge in [-0.3, -0.25) is 0 Å². The topological polar surface area (TPSA) is 24.5 Å². The fraction of sp³-hybridized carbons (Fsp3) is 0.625. The number of likely N-dealkylation sites (N-methyl/N-ethyl adjacent to an activating group) is 1. The Bertz CT molecular complexity index is 375. The molecule has 0 aliphatic carbocycles. The van der Waals surface area contributed by atoms with Gasteiger partial charge in [-0.2, -0.15) is 0 Å². The zero-order valence-electron chi connectivity index (χ0n) is 12.2. The van der Waals surface area contributed by atoms with E-state index in [0.29, 0.717) is 5.92 Å². The lowest BCUT2D eigenvalue weighted by Gasteiger charge is -2.24. The molecular formula is C16H26N2O. The molecule has 1 atom stereocenters. The van der Waals surface area contributed by atoms with Crippen molar-refractivity contribution in [3.63, 3.8) is 0 Å². The molecule has 1 saturated heterocycles. The van der Waals surface area contributed by atoms with E-state index in [1.54, 1.807) is 0 Å². The number of anilines is 1. The number of ether oxygens (including phenoxy) is 1. The molecule has 0 amide bonds. The van der Waals surface area contributed by atoms with E-state index in [9.17, 15) is 0 Å². The second-order valence-corrected chi connectivity index (χ2v) is 5.35. The fourth-order valence-corrected chi connectivity index (χ4v) is 2.56. The van der Waals surface area contributed by atoms with Crippen LogP contribution in [0.5, 0.6) is 0 Å². The molecule has 3 heteroatoms. The molecule has 106 valence electrons. The van der Waals surface area contributed by atoms with Crippen LogP contribution in [0.15, 0.2) is 24.3 Å². The number of hydrogen-bond donors (Lipinski definition) is 1. The summed E-state index contributed by atoms with van der Waals surface area (Å²) in [4.78, 5) is 2.42. The van der Waals surface area contributed by atoms with Crippen LogP contribution >= 0.6 is 0 Å². The highest BCUT2D eigenvalue weighted by Gasteiger charge is 2.14. The maximum Gasteiger partial charge on any atom is 0.0507 e. The average Bonchev–Trinajstić information content (AvgIpc) is 2.92. The molecule has 1 aromatic rings. The number of aryl methyl sites for hydroxylation is 1. The third-order valence-electron chi connectivity index (χ3n) is 3.76. The van der Waals surface area contributed by atoms with Crippen LogP contribution < -0.4 is 10.2 Å². The van der Waals surface area contributed by atoms with Crippen LogP contribution in [0.4, 0.5) is 5.69 Å². The van der Waals surface area contributed by atoms with Crippen molar-refractivity contribution in [3.8, 4) is 0 Å². The summed E-state index contributed by atoms with van der Waals surface area (Å²) in [5.74, 6) is 0.717. The van der Waals surface area contributed by atoms with Crippen molar-refractivity contribution in [2.24, 2.45) is 5.92 Å². The minimum atomic E-state index is 0.717. The predicted octanol–water partition coefficient (Wildman–Crippen LogP) is 2.45. The molecule has 2 rings (SSSR count). The molecule has 0 radical (unpaired) electrons. The van der Waals surface area contributed by atoms with E-state index in [-0.39, 0.29) is 0 Å². The van der Waals surface area contributed by atoms with E-state index in [1.165, 1.54) is 17.7 Å². The maximum atomic E-state index is 5.39. The van der Waals surface area contributed by atoms with Gasteiger partial charge in [0.25, 0.3) is 0 Å². The van der Waals surface area contributed by atoms with Crippen LogP contribution in [-0.4, -0.2) is 39.4 Å². The van der Waals surface area contributed by atoms with E-state index in [4.69, 9.17) is 4.74 Å². The third kappa shape index (κ3) is 4.51. The highest BCUT2D eigenvalue weighted by Crippen LogP contribution is 2.15. The normalized spacial score (nSPS) is 18.7. The second-order valence-electron chi connectivity index (χ2n) is 5.35. The van der Waals surface area contributed by atoms with Crippen LogP contribution in [0.1, 0.15) is 18.9 Å². The molecule has 1 N–H and O–H groups in total. The van der Waals surface area contributed by atoms with Crippen molar-refractivity contribution in [2.75, 3.05) is 44.3 Å². The van der Waals surface area contributed by atoms with Crippen molar-refractivity contribution in [1.29, 1.82) is 0 Å². The number of rotatable bonds is 7. The fourth-order valence-electron chi connectivity index (χ4n) is 2.56. The Morgan fingerprint density at radius 2 is 2.32 bits per heavy atom. The van der Waals surface area contributed by atoms with E-state index >= 15 is 0 Å². The summed E-state index contributed by atoms with van der Waals surface area (Å²) < 4.78 is 5.39. The van der Waals surface area contributed by atoms with Gasteiger partial charge in [0.05, 0.1) is 6.61 Å². The van der Waals surface area contributed by atoms with Crippen LogP contribution in [-0.2, 0) is 4.74 Å². The molecule has 1 unspecified atom stereocenters. The van der Waals surface area contributed by atoms with Crippen molar-refractivity contribution < 1.29 is 4.74 Å². The Balaban J connectivity index is 1.73. The minimum Gasteiger partial charge on any atom is -0.381 e. The van der Waals surface area contributed by atoms with Gasteiger partial charge in [-0.05, 0) is 43.9 Å². The molecule has 1 heterocycles. The maximum absolute atomic E-state index is 5.39. The minimum absolute atomic E-state index is 0.717. The van der Waals surface area contributed by atoms with Gasteiger partial charge >= 0.3 is 0 Å². The van der Waals surface area contributed by atoms with Gasteiger partial charge in [0, 0.05) is 38.5 Å². The van der Waals surface area contributed by atoms with E-state index in [2.05, 4.69) is 48.3 Å². The van der Waals surface area contributed by atoms with E-state index in [0.717, 1.165) is 39.4 Å². The summed E-state index contributed by atoms with van der Waals surface area (Å²) in [5.41, 5.74) is 2.65. The zero-order chi connectivity index (χ0) is 13.5. The van der Waals surface area contributed by atoms with Crippen molar-refractivity contribution in [1.82, 2.24) is 5.32 Å². The lowest BCUT2D eigenvalue weighted by Crippen LogP contribution is -2.34. The molecule has 0 spiro atoms. The molecule has 1 aromatic carbocycles. The first-order valence-corrected chi connectivity index (χ1v) is 7.39. The molecule has 1 fully saturated rings. The molecule has 1 aliphatic rings. The lowest BCUT2D eigenvalue weighted by molar-refractivity contribution is 0.185. The Hall–Kier alpha value is -1.06. The van der Waals surface area contributed by atoms with Crippen LogP contribution in [0.3, 0.4) is 0 Å². The van der Waals surface area contributed by atoms with Crippen LogP contribution in [0.2, 0.25) is 0 Å². The average molecular weight is 262 g/mol. The van der Waals surface area contributed by atoms with Crippen molar-refractivity contribution in [3.05, 3.63) is 29.8 Å². The molecular weight excluding hydrogens is 236 g/mol. The van der Waals surface area contributed by atoms with E-state index < -0.39 is 0 Å². The van der Waals surface area contributed by atoms with Crippen molar-refractivity contribution >= 4 is 5.69 Å². The van der Waals surface area contributed by atoms with Gasteiger partial charge in [0.1, 0.15) is 0 Å². The van der Waals surface area contributed by atoms with Gasteiger partial charge in [-0.15, -0.1) is 0 Å². The second kappa shape index (κ2) is 7.51. The van der Waals surface area contributed by atoms with Gasteiger partial charge in [-0.1, -0.05) is 12.1 Å². The number of benzene rings is 1. The summed E-state index contributed by atoms with van der Waals surface area (Å²) in [6, 6.07) is 8.74. The first-order valence-electron chi connectivity index (χ1n) is 7.39. The van der Waals surface area contributed by atoms with E-state index in [1.807, 2.05) is 0 Å². The zero-order valence-corrected chi connectivity index (χ0v) is 12.2.